The number of nitrogens with zero attached hydrogens (tertiary/aromatic N) is 1. The van der Waals surface area contributed by atoms with Crippen molar-refractivity contribution in [3.8, 4) is 11.5 Å². The van der Waals surface area contributed by atoms with Gasteiger partial charge in [0, 0.05) is 0 Å². The van der Waals surface area contributed by atoms with Gasteiger partial charge in [-0.15, -0.1) is 0 Å². The monoisotopic (exact) mass is 413 g/mol. The lowest BCUT2D eigenvalue weighted by atomic mass is 10.1. The summed E-state index contributed by atoms with van der Waals surface area (Å²) < 4.78 is 23.9. The predicted octanol–water partition coefficient (Wildman–Crippen LogP) is 2.18. The predicted molar refractivity (Wildman–Crippen MR) is 106 cm³/mol. The van der Waals surface area contributed by atoms with Crippen molar-refractivity contribution in [3.63, 3.8) is 0 Å². The first kappa shape index (κ1) is 20.8. The van der Waals surface area contributed by atoms with E-state index in [4.69, 9.17) is 15.2 Å². The van der Waals surface area contributed by atoms with Crippen molar-refractivity contribution in [1.29, 1.82) is 0 Å². The van der Waals surface area contributed by atoms with Gasteiger partial charge >= 0.3 is 6.03 Å². The van der Waals surface area contributed by atoms with Crippen LogP contribution < -0.4 is 20.5 Å². The molecule has 8 nitrogen and oxygen atoms in total. The number of urea groups is 1. The maximum Gasteiger partial charge on any atom is 0.329 e. The second-order valence-corrected chi connectivity index (χ2v) is 6.40. The summed E-state index contributed by atoms with van der Waals surface area (Å²) in [6, 6.07) is 9.83. The highest BCUT2D eigenvalue weighted by Crippen LogP contribution is 2.30. The number of benzene rings is 2. The van der Waals surface area contributed by atoms with E-state index in [1.54, 1.807) is 25.1 Å². The Kier molecular flexibility index (Phi) is 6.31. The lowest BCUT2D eigenvalue weighted by Gasteiger charge is -2.12. The average Bonchev–Trinajstić information content (AvgIpc) is 2.96. The lowest BCUT2D eigenvalue weighted by Crippen LogP contribution is -2.30. The number of halogens is 1. The number of imide groups is 1. The third-order valence-electron chi connectivity index (χ3n) is 4.16. The molecule has 2 aromatic rings. The van der Waals surface area contributed by atoms with Crippen molar-refractivity contribution >= 4 is 23.9 Å². The minimum atomic E-state index is -0.621. The van der Waals surface area contributed by atoms with E-state index in [2.05, 4.69) is 5.32 Å². The van der Waals surface area contributed by atoms with Crippen molar-refractivity contribution in [2.24, 2.45) is 5.73 Å². The quantitative estimate of drug-likeness (QED) is 0.509. The Hall–Kier alpha value is -3.88. The standard InChI is InChI=1S/C21H20FN3O5/c1-2-29-18-10-14(5-8-17(18)30-12-19(23)26)9-16-20(27)25(21(28)24-16)11-13-3-6-15(22)7-4-13/h3-10H,2,11-12H2,1H3,(H2,23,26)(H,24,28). The van der Waals surface area contributed by atoms with Crippen LogP contribution in [-0.4, -0.2) is 36.0 Å². The summed E-state index contributed by atoms with van der Waals surface area (Å²) in [6.45, 7) is 1.87. The molecule has 3 rings (SSSR count). The highest BCUT2D eigenvalue weighted by Gasteiger charge is 2.33. The van der Waals surface area contributed by atoms with Gasteiger partial charge in [0.2, 0.25) is 0 Å². The summed E-state index contributed by atoms with van der Waals surface area (Å²) in [5.74, 6) is -0.823. The SMILES string of the molecule is CCOc1cc(C=C2NC(=O)N(Cc3ccc(F)cc3)C2=O)ccc1OCC(N)=O. The number of hydrogen-bond donors (Lipinski definition) is 2. The zero-order valence-electron chi connectivity index (χ0n) is 16.2. The molecular weight excluding hydrogens is 393 g/mol. The Morgan fingerprint density at radius 1 is 1.13 bits per heavy atom. The lowest BCUT2D eigenvalue weighted by molar-refractivity contribution is -0.123. The maximum atomic E-state index is 13.1. The number of rotatable bonds is 8. The van der Waals surface area contributed by atoms with Crippen LogP contribution >= 0.6 is 0 Å². The van der Waals surface area contributed by atoms with E-state index >= 15 is 0 Å². The third-order valence-corrected chi connectivity index (χ3v) is 4.16. The van der Waals surface area contributed by atoms with Crippen LogP contribution in [0.2, 0.25) is 0 Å². The van der Waals surface area contributed by atoms with Crippen LogP contribution in [0, 0.1) is 5.82 Å². The van der Waals surface area contributed by atoms with E-state index in [9.17, 15) is 18.8 Å². The summed E-state index contributed by atoms with van der Waals surface area (Å²) in [4.78, 5) is 36.8. The van der Waals surface area contributed by atoms with Gasteiger partial charge in [0.15, 0.2) is 18.1 Å². The van der Waals surface area contributed by atoms with Gasteiger partial charge in [-0.25, -0.2) is 9.18 Å². The molecule has 0 atom stereocenters. The summed E-state index contributed by atoms with van der Waals surface area (Å²) >= 11 is 0. The molecule has 0 aliphatic carbocycles. The van der Waals surface area contributed by atoms with Crippen molar-refractivity contribution in [3.05, 3.63) is 65.1 Å². The van der Waals surface area contributed by atoms with E-state index in [0.717, 1.165) is 4.90 Å². The zero-order valence-corrected chi connectivity index (χ0v) is 16.2. The molecule has 1 heterocycles. The normalized spacial score (nSPS) is 14.7. The van der Waals surface area contributed by atoms with Gasteiger partial charge in [-0.2, -0.15) is 0 Å². The van der Waals surface area contributed by atoms with E-state index in [-0.39, 0.29) is 18.8 Å². The molecule has 1 aliphatic rings. The van der Waals surface area contributed by atoms with E-state index in [1.165, 1.54) is 30.3 Å². The van der Waals surface area contributed by atoms with Crippen LogP contribution in [0.5, 0.6) is 11.5 Å². The van der Waals surface area contributed by atoms with Gasteiger partial charge < -0.3 is 20.5 Å². The van der Waals surface area contributed by atoms with Crippen molar-refractivity contribution in [1.82, 2.24) is 10.2 Å². The number of hydrogen-bond acceptors (Lipinski definition) is 5. The minimum Gasteiger partial charge on any atom is -0.490 e. The van der Waals surface area contributed by atoms with E-state index in [1.807, 2.05) is 0 Å². The first-order chi connectivity index (χ1) is 14.4. The molecule has 0 aromatic heterocycles. The summed E-state index contributed by atoms with van der Waals surface area (Å²) in [7, 11) is 0. The molecule has 4 amide bonds. The van der Waals surface area contributed by atoms with E-state index in [0.29, 0.717) is 29.2 Å². The van der Waals surface area contributed by atoms with Gasteiger partial charge in [0.05, 0.1) is 13.2 Å². The minimum absolute atomic E-state index is 0.0202. The Morgan fingerprint density at radius 3 is 2.53 bits per heavy atom. The molecule has 156 valence electrons. The highest BCUT2D eigenvalue weighted by atomic mass is 19.1. The van der Waals surface area contributed by atoms with Gasteiger partial charge in [-0.1, -0.05) is 18.2 Å². The zero-order chi connectivity index (χ0) is 21.7. The molecule has 30 heavy (non-hydrogen) atoms. The van der Waals surface area contributed by atoms with Crippen LogP contribution in [0.3, 0.4) is 0 Å². The number of nitrogens with one attached hydrogen (secondary N) is 1. The molecule has 1 saturated heterocycles. The molecule has 0 spiro atoms. The smallest absolute Gasteiger partial charge is 0.329 e. The van der Waals surface area contributed by atoms with Crippen LogP contribution in [-0.2, 0) is 16.1 Å². The molecule has 1 fully saturated rings. The van der Waals surface area contributed by atoms with Gasteiger partial charge in [0.1, 0.15) is 11.5 Å². The fourth-order valence-corrected chi connectivity index (χ4v) is 2.81. The second-order valence-electron chi connectivity index (χ2n) is 6.40. The first-order valence-electron chi connectivity index (χ1n) is 9.14. The number of carbonyl (C=O) groups is 3. The van der Waals surface area contributed by atoms with Gasteiger partial charge in [-0.05, 0) is 48.4 Å². The number of ether oxygens (including phenoxy) is 2. The molecule has 0 bridgehead atoms. The second kappa shape index (κ2) is 9.08. The van der Waals surface area contributed by atoms with Gasteiger partial charge in [-0.3, -0.25) is 14.5 Å². The fourth-order valence-electron chi connectivity index (χ4n) is 2.81. The summed E-state index contributed by atoms with van der Waals surface area (Å²) in [5.41, 5.74) is 6.39. The highest BCUT2D eigenvalue weighted by molar-refractivity contribution is 6.13. The summed E-state index contributed by atoms with van der Waals surface area (Å²) in [5, 5.41) is 2.53. The summed E-state index contributed by atoms with van der Waals surface area (Å²) in [6.07, 6.45) is 1.51. The first-order valence-corrected chi connectivity index (χ1v) is 9.14. The number of primary amides is 1. The average molecular weight is 413 g/mol. The number of carbonyl (C=O) groups excluding carboxylic acids is 3. The molecule has 2 aromatic carbocycles. The molecule has 3 N–H and O–H groups in total. The van der Waals surface area contributed by atoms with Crippen LogP contribution in [0.1, 0.15) is 18.1 Å². The van der Waals surface area contributed by atoms with Crippen LogP contribution in [0.4, 0.5) is 9.18 Å². The molecule has 0 unspecified atom stereocenters. The Balaban J connectivity index is 1.79. The van der Waals surface area contributed by atoms with Crippen molar-refractivity contribution in [2.75, 3.05) is 13.2 Å². The topological polar surface area (TPSA) is 111 Å². The fraction of sp³-hybridized carbons (Fsp3) is 0.190. The van der Waals surface area contributed by atoms with Crippen LogP contribution in [0.25, 0.3) is 6.08 Å². The molecule has 1 aliphatic heterocycles. The van der Waals surface area contributed by atoms with Crippen molar-refractivity contribution < 1.29 is 28.2 Å². The number of nitrogens with two attached hydrogens (primary N) is 1. The Labute approximate surface area is 172 Å². The molecule has 0 radical (unpaired) electrons. The Morgan fingerprint density at radius 2 is 1.87 bits per heavy atom. The van der Waals surface area contributed by atoms with Crippen molar-refractivity contribution in [2.45, 2.75) is 13.5 Å². The number of amides is 4. The Bertz CT molecular complexity index is 1000. The molecule has 0 saturated carbocycles. The van der Waals surface area contributed by atoms with E-state index < -0.39 is 23.7 Å². The largest absolute Gasteiger partial charge is 0.490 e. The molecule has 9 heteroatoms. The van der Waals surface area contributed by atoms with Gasteiger partial charge in [0.25, 0.3) is 11.8 Å². The third kappa shape index (κ3) is 4.93. The van der Waals surface area contributed by atoms with Crippen LogP contribution in [0.15, 0.2) is 48.2 Å². The maximum absolute atomic E-state index is 13.1. The molecular formula is C21H20FN3O5.